The van der Waals surface area contributed by atoms with E-state index in [2.05, 4.69) is 5.32 Å². The first kappa shape index (κ1) is 14.3. The third-order valence-electron chi connectivity index (χ3n) is 2.81. The number of ether oxygens (including phenoxy) is 1. The van der Waals surface area contributed by atoms with E-state index in [0.717, 1.165) is 0 Å². The highest BCUT2D eigenvalue weighted by atomic mass is 16.7. The van der Waals surface area contributed by atoms with Crippen molar-refractivity contribution in [3.8, 4) is 0 Å². The summed E-state index contributed by atoms with van der Waals surface area (Å²) in [6.07, 6.45) is -3.85. The Morgan fingerprint density at radius 1 is 1.35 bits per heavy atom. The highest BCUT2D eigenvalue weighted by Crippen LogP contribution is 2.29. The van der Waals surface area contributed by atoms with Gasteiger partial charge in [-0.2, -0.15) is 0 Å². The van der Waals surface area contributed by atoms with Crippen LogP contribution in [-0.2, 0) is 9.53 Å². The fourth-order valence-electron chi connectivity index (χ4n) is 1.87. The molecule has 0 radical (unpaired) electrons. The SMILES string of the molecule is O=CN[C@@H]1[C@@H](O)[C@H](O)[C@@](O)(CO)O[C@@H]1CCO. The van der Waals surface area contributed by atoms with Crippen molar-refractivity contribution in [2.75, 3.05) is 13.2 Å². The summed E-state index contributed by atoms with van der Waals surface area (Å²) in [7, 11) is 0. The predicted octanol–water partition coefficient (Wildman–Crippen LogP) is -3.72. The zero-order valence-corrected chi connectivity index (χ0v) is 9.06. The van der Waals surface area contributed by atoms with E-state index in [1.54, 1.807) is 0 Å². The Morgan fingerprint density at radius 2 is 2.00 bits per heavy atom. The van der Waals surface area contributed by atoms with Crippen molar-refractivity contribution in [2.45, 2.75) is 36.6 Å². The van der Waals surface area contributed by atoms with Gasteiger partial charge in [-0.25, -0.2) is 0 Å². The summed E-state index contributed by atoms with van der Waals surface area (Å²) < 4.78 is 5.03. The molecule has 1 fully saturated rings. The zero-order chi connectivity index (χ0) is 13.1. The lowest BCUT2D eigenvalue weighted by molar-refractivity contribution is -0.339. The molecule has 8 nitrogen and oxygen atoms in total. The van der Waals surface area contributed by atoms with Crippen molar-refractivity contribution in [1.82, 2.24) is 5.32 Å². The molecule has 1 aliphatic rings. The molecule has 0 aliphatic carbocycles. The maximum absolute atomic E-state index is 10.4. The topological polar surface area (TPSA) is 139 Å². The van der Waals surface area contributed by atoms with E-state index in [-0.39, 0.29) is 13.0 Å². The van der Waals surface area contributed by atoms with Gasteiger partial charge in [-0.05, 0) is 6.42 Å². The average Bonchev–Trinajstić information content (AvgIpc) is 2.32. The van der Waals surface area contributed by atoms with Crippen LogP contribution in [0, 0.1) is 0 Å². The molecule has 1 saturated heterocycles. The van der Waals surface area contributed by atoms with Gasteiger partial charge in [-0.3, -0.25) is 4.79 Å². The minimum absolute atomic E-state index is 0.0254. The Balaban J connectivity index is 2.89. The Morgan fingerprint density at radius 3 is 2.47 bits per heavy atom. The van der Waals surface area contributed by atoms with Crippen LogP contribution >= 0.6 is 0 Å². The molecule has 0 spiro atoms. The van der Waals surface area contributed by atoms with Crippen LogP contribution in [0.5, 0.6) is 0 Å². The number of carbonyl (C=O) groups is 1. The molecule has 0 aromatic carbocycles. The highest BCUT2D eigenvalue weighted by molar-refractivity contribution is 5.47. The molecule has 6 N–H and O–H groups in total. The van der Waals surface area contributed by atoms with Crippen LogP contribution in [0.2, 0.25) is 0 Å². The lowest BCUT2D eigenvalue weighted by Crippen LogP contribution is -2.69. The van der Waals surface area contributed by atoms with Crippen molar-refractivity contribution < 1.29 is 35.1 Å². The van der Waals surface area contributed by atoms with Gasteiger partial charge in [0.1, 0.15) is 12.2 Å². The molecule has 1 rings (SSSR count). The molecule has 0 saturated carbocycles. The van der Waals surface area contributed by atoms with Crippen LogP contribution in [0.1, 0.15) is 6.42 Å². The van der Waals surface area contributed by atoms with Crippen LogP contribution in [0.3, 0.4) is 0 Å². The van der Waals surface area contributed by atoms with E-state index in [9.17, 15) is 20.1 Å². The average molecular weight is 251 g/mol. The normalized spacial score (nSPS) is 42.2. The third-order valence-corrected chi connectivity index (χ3v) is 2.81. The molecule has 17 heavy (non-hydrogen) atoms. The van der Waals surface area contributed by atoms with Gasteiger partial charge in [-0.1, -0.05) is 0 Å². The third kappa shape index (κ3) is 2.73. The molecular formula is C9H17NO7. The first-order valence-corrected chi connectivity index (χ1v) is 5.18. The zero-order valence-electron chi connectivity index (χ0n) is 9.06. The molecule has 1 aliphatic heterocycles. The van der Waals surface area contributed by atoms with Crippen LogP contribution in [0.4, 0.5) is 0 Å². The van der Waals surface area contributed by atoms with Gasteiger partial charge in [0.25, 0.3) is 0 Å². The number of rotatable bonds is 5. The maximum atomic E-state index is 10.4. The first-order valence-electron chi connectivity index (χ1n) is 5.18. The van der Waals surface area contributed by atoms with Crippen LogP contribution in [0.25, 0.3) is 0 Å². The number of hydrogen-bond acceptors (Lipinski definition) is 7. The summed E-state index contributed by atoms with van der Waals surface area (Å²) in [5, 5.41) is 49.0. The van der Waals surface area contributed by atoms with Gasteiger partial charge in [0.15, 0.2) is 0 Å². The second kappa shape index (κ2) is 5.71. The van der Waals surface area contributed by atoms with Gasteiger partial charge in [0.05, 0.1) is 18.8 Å². The smallest absolute Gasteiger partial charge is 0.218 e. The number of amides is 1. The van der Waals surface area contributed by atoms with Crippen LogP contribution in [0.15, 0.2) is 0 Å². The quantitative estimate of drug-likeness (QED) is 0.276. The molecule has 0 bridgehead atoms. The fourth-order valence-corrected chi connectivity index (χ4v) is 1.87. The van der Waals surface area contributed by atoms with E-state index < -0.39 is 36.7 Å². The van der Waals surface area contributed by atoms with Gasteiger partial charge in [0.2, 0.25) is 12.2 Å². The lowest BCUT2D eigenvalue weighted by atomic mass is 9.89. The van der Waals surface area contributed by atoms with Gasteiger partial charge in [-0.15, -0.1) is 0 Å². The van der Waals surface area contributed by atoms with Gasteiger partial charge >= 0.3 is 0 Å². The molecule has 0 unspecified atom stereocenters. The lowest BCUT2D eigenvalue weighted by Gasteiger charge is -2.46. The number of nitrogens with one attached hydrogen (secondary N) is 1. The predicted molar refractivity (Wildman–Crippen MR) is 53.6 cm³/mol. The van der Waals surface area contributed by atoms with E-state index in [1.807, 2.05) is 0 Å². The molecule has 100 valence electrons. The summed E-state index contributed by atoms with van der Waals surface area (Å²) in [5.74, 6) is -2.31. The molecule has 0 aromatic rings. The Labute approximate surface area is 97.4 Å². The van der Waals surface area contributed by atoms with E-state index in [0.29, 0.717) is 6.41 Å². The van der Waals surface area contributed by atoms with E-state index >= 15 is 0 Å². The van der Waals surface area contributed by atoms with Crippen molar-refractivity contribution in [3.63, 3.8) is 0 Å². The summed E-state index contributed by atoms with van der Waals surface area (Å²) in [6, 6.07) is -0.971. The number of aliphatic hydroxyl groups excluding tert-OH is 4. The summed E-state index contributed by atoms with van der Waals surface area (Å²) in [5.41, 5.74) is 0. The summed E-state index contributed by atoms with van der Waals surface area (Å²) in [6.45, 7) is -1.22. The Kier molecular flexibility index (Phi) is 4.80. The standard InChI is InChI=1S/C9H17NO7/c11-2-1-5-6(10-4-13)7(14)8(15)9(16,3-12)17-5/h4-8,11-12,14-16H,1-3H2,(H,10,13)/t5-,6+,7-,8+,9-/m1/s1. The summed E-state index contributed by atoms with van der Waals surface area (Å²) in [4.78, 5) is 10.4. The molecule has 1 heterocycles. The number of aliphatic hydroxyl groups is 5. The molecule has 0 aromatic heterocycles. The second-order valence-corrected chi connectivity index (χ2v) is 3.92. The van der Waals surface area contributed by atoms with Crippen molar-refractivity contribution in [1.29, 1.82) is 0 Å². The first-order chi connectivity index (χ1) is 8.00. The number of hydrogen-bond donors (Lipinski definition) is 6. The highest BCUT2D eigenvalue weighted by Gasteiger charge is 2.52. The molecule has 5 atom stereocenters. The van der Waals surface area contributed by atoms with E-state index in [1.165, 1.54) is 0 Å². The van der Waals surface area contributed by atoms with Gasteiger partial charge in [0, 0.05) is 6.61 Å². The fraction of sp³-hybridized carbons (Fsp3) is 0.889. The largest absolute Gasteiger partial charge is 0.396 e. The minimum Gasteiger partial charge on any atom is -0.396 e. The van der Waals surface area contributed by atoms with Crippen LogP contribution in [-0.4, -0.2) is 75.3 Å². The molecule has 8 heteroatoms. The minimum atomic E-state index is -2.31. The van der Waals surface area contributed by atoms with Gasteiger partial charge < -0.3 is 35.6 Å². The Hall–Kier alpha value is -0.770. The Bertz CT molecular complexity index is 264. The van der Waals surface area contributed by atoms with Crippen molar-refractivity contribution in [2.24, 2.45) is 0 Å². The molecule has 1 amide bonds. The number of carbonyl (C=O) groups excluding carboxylic acids is 1. The van der Waals surface area contributed by atoms with Crippen molar-refractivity contribution >= 4 is 6.41 Å². The van der Waals surface area contributed by atoms with E-state index in [4.69, 9.17) is 14.9 Å². The van der Waals surface area contributed by atoms with Crippen LogP contribution < -0.4 is 5.32 Å². The second-order valence-electron chi connectivity index (χ2n) is 3.92. The summed E-state index contributed by atoms with van der Waals surface area (Å²) >= 11 is 0. The molecular weight excluding hydrogens is 234 g/mol. The van der Waals surface area contributed by atoms with Crippen molar-refractivity contribution in [3.05, 3.63) is 0 Å². The monoisotopic (exact) mass is 251 g/mol. The maximum Gasteiger partial charge on any atom is 0.218 e.